The zero-order valence-corrected chi connectivity index (χ0v) is 13.2. The zero-order valence-electron chi connectivity index (χ0n) is 11.6. The maximum absolute atomic E-state index is 13.6. The van der Waals surface area contributed by atoms with Crippen molar-refractivity contribution in [2.75, 3.05) is 6.54 Å². The van der Waals surface area contributed by atoms with Crippen LogP contribution in [0.3, 0.4) is 0 Å². The summed E-state index contributed by atoms with van der Waals surface area (Å²) in [5.74, 6) is -0.510. The summed E-state index contributed by atoms with van der Waals surface area (Å²) in [4.78, 5) is -0.204. The maximum atomic E-state index is 13.6. The highest BCUT2D eigenvalue weighted by atomic mass is 35.5. The van der Waals surface area contributed by atoms with Crippen LogP contribution in [0.4, 0.5) is 4.39 Å². The number of hydrogen-bond acceptors (Lipinski definition) is 3. The van der Waals surface area contributed by atoms with E-state index in [9.17, 15) is 12.8 Å². The molecule has 0 saturated heterocycles. The molecule has 2 N–H and O–H groups in total. The minimum absolute atomic E-state index is 0.0645. The number of hydrogen-bond donors (Lipinski definition) is 2. The van der Waals surface area contributed by atoms with Gasteiger partial charge in [-0.15, -0.1) is 0 Å². The maximum Gasteiger partial charge on any atom is 0.240 e. The van der Waals surface area contributed by atoms with Crippen molar-refractivity contribution in [1.82, 2.24) is 4.72 Å². The van der Waals surface area contributed by atoms with E-state index in [1.54, 1.807) is 0 Å². The number of halogens is 2. The highest BCUT2D eigenvalue weighted by Gasteiger charge is 2.21. The molecule has 0 radical (unpaired) electrons. The molecular weight excluding hydrogens is 317 g/mol. The molecule has 0 aromatic heterocycles. The average molecular weight is 336 g/mol. The molecule has 0 bridgehead atoms. The number of aliphatic hydroxyl groups excluding tert-OH is 1. The van der Waals surface area contributed by atoms with Gasteiger partial charge in [0.2, 0.25) is 10.0 Å². The van der Waals surface area contributed by atoms with Crippen LogP contribution < -0.4 is 4.72 Å². The van der Waals surface area contributed by atoms with Gasteiger partial charge < -0.3 is 5.11 Å². The van der Waals surface area contributed by atoms with Crippen molar-refractivity contribution in [2.45, 2.75) is 43.6 Å². The van der Waals surface area contributed by atoms with Gasteiger partial charge in [0.1, 0.15) is 5.82 Å². The minimum Gasteiger partial charge on any atom is -0.392 e. The standard InChI is InChI=1S/C14H19ClFNO3S/c15-14-11(9-18)6-12(7-13(14)16)21(19,20)17-8-10-4-2-1-3-5-10/h6-7,10,17-18H,1-5,8-9H2. The van der Waals surface area contributed by atoms with Gasteiger partial charge >= 0.3 is 0 Å². The lowest BCUT2D eigenvalue weighted by Gasteiger charge is -2.21. The van der Waals surface area contributed by atoms with Crippen LogP contribution in [0.5, 0.6) is 0 Å². The van der Waals surface area contributed by atoms with E-state index in [1.807, 2.05) is 0 Å². The Morgan fingerprint density at radius 3 is 2.57 bits per heavy atom. The Labute approximate surface area is 129 Å². The van der Waals surface area contributed by atoms with Gasteiger partial charge in [0, 0.05) is 12.1 Å². The molecule has 1 aromatic carbocycles. The Balaban J connectivity index is 2.13. The van der Waals surface area contributed by atoms with Crippen molar-refractivity contribution >= 4 is 21.6 Å². The molecule has 0 amide bonds. The van der Waals surface area contributed by atoms with Gasteiger partial charge in [-0.1, -0.05) is 30.9 Å². The van der Waals surface area contributed by atoms with E-state index in [1.165, 1.54) is 12.5 Å². The predicted octanol–water partition coefficient (Wildman–Crippen LogP) is 2.83. The summed E-state index contributed by atoms with van der Waals surface area (Å²) in [6.07, 6.45) is 5.47. The lowest BCUT2D eigenvalue weighted by atomic mass is 9.90. The quantitative estimate of drug-likeness (QED) is 0.869. The van der Waals surface area contributed by atoms with Crippen LogP contribution in [0.15, 0.2) is 17.0 Å². The summed E-state index contributed by atoms with van der Waals surface area (Å²) in [6.45, 7) is -0.150. The monoisotopic (exact) mass is 335 g/mol. The Bertz CT molecular complexity index is 600. The van der Waals surface area contributed by atoms with Gasteiger partial charge in [-0.3, -0.25) is 0 Å². The van der Waals surface area contributed by atoms with Gasteiger partial charge in [0.25, 0.3) is 0 Å². The third-order valence-corrected chi connectivity index (χ3v) is 5.67. The van der Waals surface area contributed by atoms with E-state index < -0.39 is 22.4 Å². The van der Waals surface area contributed by atoms with E-state index in [0.717, 1.165) is 31.7 Å². The Hall–Kier alpha value is -0.690. The first-order valence-corrected chi connectivity index (χ1v) is 8.88. The molecule has 4 nitrogen and oxygen atoms in total. The molecule has 21 heavy (non-hydrogen) atoms. The fourth-order valence-electron chi connectivity index (χ4n) is 2.59. The van der Waals surface area contributed by atoms with Crippen LogP contribution in [0.1, 0.15) is 37.7 Å². The molecule has 1 saturated carbocycles. The van der Waals surface area contributed by atoms with Crippen molar-refractivity contribution in [1.29, 1.82) is 0 Å². The second-order valence-corrected chi connectivity index (χ2v) is 7.54. The summed E-state index contributed by atoms with van der Waals surface area (Å²) in [7, 11) is -3.79. The topological polar surface area (TPSA) is 66.4 Å². The van der Waals surface area contributed by atoms with E-state index in [4.69, 9.17) is 16.7 Å². The summed E-state index contributed by atoms with van der Waals surface area (Å²) >= 11 is 5.66. The number of rotatable bonds is 5. The summed E-state index contributed by atoms with van der Waals surface area (Å²) in [5.41, 5.74) is 0.0645. The summed E-state index contributed by atoms with van der Waals surface area (Å²) in [5, 5.41) is 8.85. The molecule has 7 heteroatoms. The fraction of sp³-hybridized carbons (Fsp3) is 0.571. The highest BCUT2D eigenvalue weighted by Crippen LogP contribution is 2.26. The number of nitrogens with one attached hydrogen (secondary N) is 1. The van der Waals surface area contributed by atoms with Crippen LogP contribution in [0.25, 0.3) is 0 Å². The average Bonchev–Trinajstić information content (AvgIpc) is 2.49. The number of benzene rings is 1. The predicted molar refractivity (Wildman–Crippen MR) is 79.1 cm³/mol. The molecule has 0 aliphatic heterocycles. The molecule has 118 valence electrons. The van der Waals surface area contributed by atoms with E-state index in [0.29, 0.717) is 12.5 Å². The smallest absolute Gasteiger partial charge is 0.240 e. The van der Waals surface area contributed by atoms with Crippen LogP contribution in [-0.2, 0) is 16.6 Å². The van der Waals surface area contributed by atoms with Gasteiger partial charge in [-0.25, -0.2) is 17.5 Å². The SMILES string of the molecule is O=S(=O)(NCC1CCCCC1)c1cc(F)c(Cl)c(CO)c1. The van der Waals surface area contributed by atoms with E-state index in [-0.39, 0.29) is 15.5 Å². The Morgan fingerprint density at radius 2 is 1.95 bits per heavy atom. The van der Waals surface area contributed by atoms with Gasteiger partial charge in [0.05, 0.1) is 16.5 Å². The molecule has 1 aromatic rings. The first kappa shape index (κ1) is 16.7. The van der Waals surface area contributed by atoms with Gasteiger partial charge in [0.15, 0.2) is 0 Å². The van der Waals surface area contributed by atoms with Crippen molar-refractivity contribution in [3.05, 3.63) is 28.5 Å². The van der Waals surface area contributed by atoms with Crippen LogP contribution in [0.2, 0.25) is 5.02 Å². The molecule has 2 rings (SSSR count). The summed E-state index contributed by atoms with van der Waals surface area (Å²) < 4.78 is 40.5. The molecule has 1 aliphatic carbocycles. The Morgan fingerprint density at radius 1 is 1.29 bits per heavy atom. The highest BCUT2D eigenvalue weighted by molar-refractivity contribution is 7.89. The molecule has 1 fully saturated rings. The first-order chi connectivity index (χ1) is 9.94. The lowest BCUT2D eigenvalue weighted by molar-refractivity contribution is 0.281. The third-order valence-electron chi connectivity index (χ3n) is 3.84. The molecule has 1 aliphatic rings. The largest absolute Gasteiger partial charge is 0.392 e. The van der Waals surface area contributed by atoms with Crippen molar-refractivity contribution < 1.29 is 17.9 Å². The van der Waals surface area contributed by atoms with E-state index >= 15 is 0 Å². The minimum atomic E-state index is -3.79. The van der Waals surface area contributed by atoms with E-state index in [2.05, 4.69) is 4.72 Å². The second-order valence-electron chi connectivity index (χ2n) is 5.39. The molecule has 0 heterocycles. The van der Waals surface area contributed by atoms with Crippen molar-refractivity contribution in [2.24, 2.45) is 5.92 Å². The van der Waals surface area contributed by atoms with Crippen LogP contribution in [-0.4, -0.2) is 20.1 Å². The fourth-order valence-corrected chi connectivity index (χ4v) is 3.94. The van der Waals surface area contributed by atoms with Crippen molar-refractivity contribution in [3.63, 3.8) is 0 Å². The second kappa shape index (κ2) is 7.05. The molecule has 0 unspecified atom stereocenters. The number of aliphatic hydroxyl groups is 1. The Kier molecular flexibility index (Phi) is 5.60. The van der Waals surface area contributed by atoms with Gasteiger partial charge in [-0.05, 0) is 30.9 Å². The zero-order chi connectivity index (χ0) is 15.5. The molecular formula is C14H19ClFNO3S. The van der Waals surface area contributed by atoms with Gasteiger partial charge in [-0.2, -0.15) is 0 Å². The summed E-state index contributed by atoms with van der Waals surface area (Å²) in [6, 6.07) is 2.08. The normalized spacial score (nSPS) is 17.1. The third kappa shape index (κ3) is 4.16. The molecule has 0 atom stereocenters. The first-order valence-electron chi connectivity index (χ1n) is 7.02. The van der Waals surface area contributed by atoms with Crippen molar-refractivity contribution in [3.8, 4) is 0 Å². The number of sulfonamides is 1. The molecule has 0 spiro atoms. The van der Waals surface area contributed by atoms with Crippen LogP contribution >= 0.6 is 11.6 Å². The lowest BCUT2D eigenvalue weighted by Crippen LogP contribution is -2.30. The van der Waals surface area contributed by atoms with Crippen LogP contribution in [0, 0.1) is 11.7 Å².